The van der Waals surface area contributed by atoms with Gasteiger partial charge in [0.15, 0.2) is 6.10 Å². The summed E-state index contributed by atoms with van der Waals surface area (Å²) in [7, 11) is -5.39. The van der Waals surface area contributed by atoms with Crippen molar-refractivity contribution >= 4 is 25.7 Å². The van der Waals surface area contributed by atoms with Gasteiger partial charge in [0.05, 0.1) is 14.4 Å². The molecule has 1 atom stereocenters. The Hall–Kier alpha value is -3.88. The molecule has 0 aliphatic rings. The molecule has 232 valence electrons. The van der Waals surface area contributed by atoms with Crippen LogP contribution in [0.4, 0.5) is 0 Å². The van der Waals surface area contributed by atoms with Crippen LogP contribution in [0.25, 0.3) is 0 Å². The predicted octanol–water partition coefficient (Wildman–Crippen LogP) is -3.61. The Morgan fingerprint density at radius 3 is 1.59 bits per heavy atom. The van der Waals surface area contributed by atoms with Gasteiger partial charge in [-0.2, -0.15) is 0 Å². The molecule has 0 aliphatic carbocycles. The van der Waals surface area contributed by atoms with Gasteiger partial charge in [0.1, 0.15) is 6.61 Å². The molecule has 0 aromatic carbocycles. The number of carbonyl (C=O) groups excluding carboxylic acids is 3. The van der Waals surface area contributed by atoms with E-state index in [4.69, 9.17) is 15.9 Å². The average molecular weight is 626 g/mol. The molecule has 1 amide bonds. The maximum atomic E-state index is 11.7. The molecule has 0 saturated heterocycles. The van der Waals surface area contributed by atoms with Gasteiger partial charge < -0.3 is 34.1 Å². The molecular weight excluding hydrogens is 571 g/mol. The average Bonchev–Trinajstić information content (AvgIpc) is 2.85. The van der Waals surface area contributed by atoms with E-state index in [9.17, 15) is 28.7 Å². The minimum Gasteiger partial charge on any atom is -0.790 e. The Balaban J connectivity index is -0.0000000229. The third kappa shape index (κ3) is 40.8. The van der Waals surface area contributed by atoms with Crippen molar-refractivity contribution in [1.82, 2.24) is 0 Å². The van der Waals surface area contributed by atoms with Gasteiger partial charge in [0.25, 0.3) is 0 Å². The van der Waals surface area contributed by atoms with E-state index in [1.165, 1.54) is 6.92 Å². The van der Waals surface area contributed by atoms with Crippen molar-refractivity contribution in [1.29, 1.82) is 0 Å². The van der Waals surface area contributed by atoms with Gasteiger partial charge in [0, 0.05) is 47.3 Å². The Kier molecular flexibility index (Phi) is 33.0. The van der Waals surface area contributed by atoms with Gasteiger partial charge in [-0.25, -0.2) is 9.59 Å². The number of primary amides is 1. The van der Waals surface area contributed by atoms with Gasteiger partial charge in [-0.3, -0.25) is 4.79 Å². The number of ether oxygens (including phenoxy) is 2. The minimum atomic E-state index is -5.39. The quantitative estimate of drug-likeness (QED) is 0.103. The van der Waals surface area contributed by atoms with Crippen LogP contribution >= 0.6 is 7.82 Å². The summed E-state index contributed by atoms with van der Waals surface area (Å²) in [5.41, 5.74) is 4.47. The second kappa shape index (κ2) is 30.7. The molecule has 0 saturated carbocycles. The number of hydrogen-bond acceptors (Lipinski definition) is 9. The third-order valence-corrected chi connectivity index (χ3v) is 2.90. The van der Waals surface area contributed by atoms with Crippen LogP contribution in [0.2, 0.25) is 0 Å². The van der Waals surface area contributed by atoms with E-state index in [-0.39, 0.29) is 93.6 Å². The van der Waals surface area contributed by atoms with Crippen LogP contribution in [-0.2, 0) is 32.9 Å². The SMILES string of the molecule is C#CC#CC#CC#CC(=O)O[C@H](COC(=O)C#CC#CC#CC#CC#CC#CC)COP(=O)([O-])[O-].CC(N)=O.[HH].[HH].[HH].[HH].[HH].[HH].[HH].[HH].[HH].[HH].[HH].[HH].[HH].[HH].[HH].[HH].[HH].[HH].[HH].[HH].[Na+].[Na+]. The first-order valence-electron chi connectivity index (χ1n) is 9.71. The molecule has 10 nitrogen and oxygen atoms in total. The van der Waals surface area contributed by atoms with E-state index < -0.39 is 39.1 Å². The zero-order chi connectivity index (χ0) is 29.8. The van der Waals surface area contributed by atoms with Crippen LogP contribution in [0, 0.1) is 119 Å². The second-order valence-electron chi connectivity index (χ2n) is 5.50. The van der Waals surface area contributed by atoms with Crippen LogP contribution in [0.3, 0.4) is 0 Å². The summed E-state index contributed by atoms with van der Waals surface area (Å²) in [4.78, 5) is 53.8. The second-order valence-corrected chi connectivity index (χ2v) is 6.65. The molecule has 0 fully saturated rings. The Morgan fingerprint density at radius 1 is 0.780 bits per heavy atom. The van der Waals surface area contributed by atoms with Gasteiger partial charge in [-0.05, 0) is 102 Å². The fraction of sp³-hybridized carbons (Fsp3) is 0.179. The van der Waals surface area contributed by atoms with Gasteiger partial charge in [-0.1, -0.05) is 5.92 Å². The van der Waals surface area contributed by atoms with Crippen LogP contribution in [0.5, 0.6) is 0 Å². The number of hydrogen-bond donors (Lipinski definition) is 1. The first kappa shape index (κ1) is 44.1. The predicted molar refractivity (Wildman–Crippen MR) is 176 cm³/mol. The van der Waals surface area contributed by atoms with Crippen molar-refractivity contribution in [2.24, 2.45) is 5.73 Å². The molecule has 0 aliphatic heterocycles. The molecule has 0 heterocycles. The van der Waals surface area contributed by atoms with Crippen LogP contribution < -0.4 is 74.6 Å². The topological polar surface area (TPSA) is 168 Å². The normalized spacial score (nSPS) is 7.49. The molecule has 2 N–H and O–H groups in total. The van der Waals surface area contributed by atoms with E-state index in [1.54, 1.807) is 6.92 Å². The number of nitrogens with two attached hydrogens (primary N) is 1. The van der Waals surface area contributed by atoms with Gasteiger partial charge in [0.2, 0.25) is 5.91 Å². The van der Waals surface area contributed by atoms with Crippen molar-refractivity contribution in [2.75, 3.05) is 13.2 Å². The number of terminal acetylenes is 1. The first-order chi connectivity index (χ1) is 18.5. The van der Waals surface area contributed by atoms with Crippen LogP contribution in [0.15, 0.2) is 0 Å². The summed E-state index contributed by atoms with van der Waals surface area (Å²) in [6.45, 7) is 1.31. The molecule has 0 bridgehead atoms. The zero-order valence-corrected chi connectivity index (χ0v) is 27.2. The Morgan fingerprint density at radius 2 is 1.17 bits per heavy atom. The van der Waals surface area contributed by atoms with E-state index >= 15 is 0 Å². The largest absolute Gasteiger partial charge is 1.00 e. The smallest absolute Gasteiger partial charge is 0.790 e. The molecule has 0 unspecified atom stereocenters. The maximum Gasteiger partial charge on any atom is 1.00 e. The molecular formula is C28H54NNa2O9P. The fourth-order valence-electron chi connectivity index (χ4n) is 1.28. The summed E-state index contributed by atoms with van der Waals surface area (Å²) in [5.74, 6) is 40.4. The maximum absolute atomic E-state index is 11.7. The third-order valence-electron chi connectivity index (χ3n) is 2.43. The van der Waals surface area contributed by atoms with Crippen LogP contribution in [0.1, 0.15) is 42.4 Å². The fourth-order valence-corrected chi connectivity index (χ4v) is 1.63. The standard InChI is InChI=1S/C26H11O8P.C2H5NO.2Na.20H2/c1-3-5-7-9-11-12-13-14-15-17-18-20-25(27)32-22-24(23-33-35(29,30)31)34-26(28)21-19-16-10-8-6-4-2;1-2(3)4;;;;;;;;;;;;;;;;;;;;;;/h2,24H,22-23H2,1H3,(H2,29,30,31);1H3,(H2,3,4);;;20*1H/q;;2*+1;;;;;;;;;;;;;;;;;;;;/p-2/t24-;;;;;;;;;;;;;;;;;;;;;;;/m1......................./s1. The van der Waals surface area contributed by atoms with Crippen LogP contribution in [-0.4, -0.2) is 37.2 Å². The number of esters is 2. The number of phosphoric acid groups is 1. The monoisotopic (exact) mass is 625 g/mol. The number of amides is 1. The molecule has 0 aromatic heterocycles. The number of phosphoric ester groups is 1. The van der Waals surface area contributed by atoms with Crippen molar-refractivity contribution < 1.29 is 130 Å². The van der Waals surface area contributed by atoms with E-state index in [2.05, 4.69) is 105 Å². The Labute approximate surface area is 312 Å². The van der Waals surface area contributed by atoms with E-state index in [1.807, 2.05) is 17.8 Å². The number of carbonyl (C=O) groups is 3. The summed E-state index contributed by atoms with van der Waals surface area (Å²) < 4.78 is 24.1. The minimum absolute atomic E-state index is 0. The Bertz CT molecular complexity index is 1650. The number of rotatable bonds is 6. The molecule has 13 heteroatoms. The summed E-state index contributed by atoms with van der Waals surface area (Å²) >= 11 is 0. The van der Waals surface area contributed by atoms with E-state index in [0.29, 0.717) is 0 Å². The van der Waals surface area contributed by atoms with Gasteiger partial charge in [-0.15, -0.1) is 6.42 Å². The summed E-state index contributed by atoms with van der Waals surface area (Å²) in [6.07, 6.45) is 3.39. The molecule has 41 heavy (non-hydrogen) atoms. The molecule has 0 radical (unpaired) electrons. The van der Waals surface area contributed by atoms with Crippen molar-refractivity contribution in [3.8, 4) is 119 Å². The molecule has 0 aromatic rings. The summed E-state index contributed by atoms with van der Waals surface area (Å²) in [5, 5.41) is 0. The van der Waals surface area contributed by atoms with Crippen molar-refractivity contribution in [3.05, 3.63) is 0 Å². The molecule has 0 rings (SSSR count). The van der Waals surface area contributed by atoms with Crippen molar-refractivity contribution in [2.45, 2.75) is 20.0 Å². The van der Waals surface area contributed by atoms with E-state index in [0.717, 1.165) is 0 Å². The first-order valence-corrected chi connectivity index (χ1v) is 11.2. The molecule has 0 spiro atoms. The van der Waals surface area contributed by atoms with Gasteiger partial charge >= 0.3 is 71.1 Å². The zero-order valence-electron chi connectivity index (χ0n) is 22.3. The summed E-state index contributed by atoms with van der Waals surface area (Å²) in [6, 6.07) is 0. The van der Waals surface area contributed by atoms with Crippen molar-refractivity contribution in [3.63, 3.8) is 0 Å².